The molecule has 4 heteroatoms. The molecule has 2 rings (SSSR count). The van der Waals surface area contributed by atoms with E-state index in [1.165, 1.54) is 6.07 Å². The van der Waals surface area contributed by atoms with Gasteiger partial charge in [-0.25, -0.2) is 4.39 Å². The van der Waals surface area contributed by atoms with Crippen molar-refractivity contribution in [2.75, 3.05) is 0 Å². The van der Waals surface area contributed by atoms with Crippen molar-refractivity contribution in [2.45, 2.75) is 53.0 Å². The first-order chi connectivity index (χ1) is 11.8. The zero-order valence-electron chi connectivity index (χ0n) is 15.5. The number of carbonyl (C=O) groups excluding carboxylic acids is 1. The number of carbonyl (C=O) groups is 1. The third kappa shape index (κ3) is 5.96. The number of nitrogens with one attached hydrogen (secondary N) is 1. The van der Waals surface area contributed by atoms with Gasteiger partial charge in [0.05, 0.1) is 5.56 Å². The predicted molar refractivity (Wildman–Crippen MR) is 99.0 cm³/mol. The number of halogens is 1. The fraction of sp³-hybridized carbons (Fsp3) is 0.429. The van der Waals surface area contributed by atoms with Crippen LogP contribution in [0.25, 0.3) is 0 Å². The monoisotopic (exact) mass is 342 g/mol. The van der Waals surface area contributed by atoms with E-state index in [1.54, 1.807) is 18.3 Å². The SMILES string of the molecule is C[C@@H](NC(=O)c1ccc(CCCc2cccc(F)c2)nc1)C(C)(C)C. The summed E-state index contributed by atoms with van der Waals surface area (Å²) in [4.78, 5) is 16.6. The number of hydrogen-bond acceptors (Lipinski definition) is 2. The Balaban J connectivity index is 1.86. The van der Waals surface area contributed by atoms with Gasteiger partial charge in [-0.05, 0) is 61.4 Å². The summed E-state index contributed by atoms with van der Waals surface area (Å²) in [7, 11) is 0. The average Bonchev–Trinajstić information content (AvgIpc) is 2.54. The molecule has 0 saturated carbocycles. The summed E-state index contributed by atoms with van der Waals surface area (Å²) >= 11 is 0. The predicted octanol–water partition coefficient (Wildman–Crippen LogP) is 4.56. The van der Waals surface area contributed by atoms with Gasteiger partial charge in [-0.15, -0.1) is 0 Å². The summed E-state index contributed by atoms with van der Waals surface area (Å²) in [6.07, 6.45) is 4.13. The first-order valence-electron chi connectivity index (χ1n) is 8.76. The Morgan fingerprint density at radius 3 is 2.56 bits per heavy atom. The van der Waals surface area contributed by atoms with Gasteiger partial charge in [0.15, 0.2) is 0 Å². The molecule has 25 heavy (non-hydrogen) atoms. The van der Waals surface area contributed by atoms with E-state index in [-0.39, 0.29) is 23.2 Å². The lowest BCUT2D eigenvalue weighted by Crippen LogP contribution is -2.41. The maximum absolute atomic E-state index is 13.2. The summed E-state index contributed by atoms with van der Waals surface area (Å²) in [5.41, 5.74) is 2.52. The summed E-state index contributed by atoms with van der Waals surface area (Å²) < 4.78 is 13.2. The highest BCUT2D eigenvalue weighted by molar-refractivity contribution is 5.94. The number of aromatic nitrogens is 1. The van der Waals surface area contributed by atoms with Gasteiger partial charge in [-0.2, -0.15) is 0 Å². The van der Waals surface area contributed by atoms with Gasteiger partial charge in [0.2, 0.25) is 0 Å². The second-order valence-corrected chi connectivity index (χ2v) is 7.58. The second-order valence-electron chi connectivity index (χ2n) is 7.58. The molecule has 1 aromatic heterocycles. The number of hydrogen-bond donors (Lipinski definition) is 1. The van der Waals surface area contributed by atoms with Crippen molar-refractivity contribution in [3.8, 4) is 0 Å². The highest BCUT2D eigenvalue weighted by atomic mass is 19.1. The number of pyridine rings is 1. The fourth-order valence-electron chi connectivity index (χ4n) is 2.37. The van der Waals surface area contributed by atoms with Crippen molar-refractivity contribution in [1.82, 2.24) is 10.3 Å². The largest absolute Gasteiger partial charge is 0.349 e. The molecule has 1 heterocycles. The lowest BCUT2D eigenvalue weighted by Gasteiger charge is -2.28. The molecule has 0 radical (unpaired) electrons. The summed E-state index contributed by atoms with van der Waals surface area (Å²) in [6, 6.07) is 10.5. The molecule has 0 fully saturated rings. The van der Waals surface area contributed by atoms with Gasteiger partial charge in [-0.3, -0.25) is 9.78 Å². The molecule has 0 aliphatic heterocycles. The Hall–Kier alpha value is -2.23. The molecular formula is C21H27FN2O. The number of nitrogens with zero attached hydrogens (tertiary/aromatic N) is 1. The Labute approximate surface area is 149 Å². The highest BCUT2D eigenvalue weighted by Crippen LogP contribution is 2.19. The van der Waals surface area contributed by atoms with E-state index in [2.05, 4.69) is 31.1 Å². The van der Waals surface area contributed by atoms with Gasteiger partial charge in [-0.1, -0.05) is 32.9 Å². The molecule has 1 N–H and O–H groups in total. The molecular weight excluding hydrogens is 315 g/mol. The van der Waals surface area contributed by atoms with Crippen molar-refractivity contribution in [3.63, 3.8) is 0 Å². The molecule has 134 valence electrons. The summed E-state index contributed by atoms with van der Waals surface area (Å²) in [5, 5.41) is 3.01. The maximum atomic E-state index is 13.2. The Kier molecular flexibility index (Phi) is 6.29. The van der Waals surface area contributed by atoms with Crippen LogP contribution in [0.1, 0.15) is 55.7 Å². The van der Waals surface area contributed by atoms with Crippen molar-refractivity contribution < 1.29 is 9.18 Å². The summed E-state index contributed by atoms with van der Waals surface area (Å²) in [5.74, 6) is -0.295. The molecule has 0 bridgehead atoms. The van der Waals surface area contributed by atoms with Crippen LogP contribution in [-0.2, 0) is 12.8 Å². The number of amides is 1. The van der Waals surface area contributed by atoms with Crippen LogP contribution in [0, 0.1) is 11.2 Å². The van der Waals surface area contributed by atoms with Crippen LogP contribution in [0.15, 0.2) is 42.6 Å². The van der Waals surface area contributed by atoms with E-state index in [9.17, 15) is 9.18 Å². The van der Waals surface area contributed by atoms with Crippen LogP contribution in [0.4, 0.5) is 4.39 Å². The molecule has 3 nitrogen and oxygen atoms in total. The Morgan fingerprint density at radius 1 is 1.20 bits per heavy atom. The minimum Gasteiger partial charge on any atom is -0.349 e. The minimum absolute atomic E-state index is 0.0138. The van der Waals surface area contributed by atoms with Crippen LogP contribution in [0.3, 0.4) is 0 Å². The third-order valence-electron chi connectivity index (χ3n) is 4.52. The Morgan fingerprint density at radius 2 is 1.96 bits per heavy atom. The van der Waals surface area contributed by atoms with Gasteiger partial charge < -0.3 is 5.32 Å². The van der Waals surface area contributed by atoms with Gasteiger partial charge in [0, 0.05) is 17.9 Å². The molecule has 0 unspecified atom stereocenters. The van der Waals surface area contributed by atoms with Crippen molar-refractivity contribution in [2.24, 2.45) is 5.41 Å². The lowest BCUT2D eigenvalue weighted by atomic mass is 9.88. The van der Waals surface area contributed by atoms with Crippen molar-refractivity contribution >= 4 is 5.91 Å². The molecule has 0 spiro atoms. The van der Waals surface area contributed by atoms with Gasteiger partial charge >= 0.3 is 0 Å². The zero-order chi connectivity index (χ0) is 18.4. The maximum Gasteiger partial charge on any atom is 0.253 e. The normalized spacial score (nSPS) is 12.7. The first kappa shape index (κ1) is 19.1. The van der Waals surface area contributed by atoms with E-state index >= 15 is 0 Å². The molecule has 0 aliphatic rings. The minimum atomic E-state index is -0.199. The van der Waals surface area contributed by atoms with Crippen LogP contribution < -0.4 is 5.32 Å². The van der Waals surface area contributed by atoms with Crippen LogP contribution in [-0.4, -0.2) is 16.9 Å². The summed E-state index contributed by atoms with van der Waals surface area (Å²) in [6.45, 7) is 8.29. The average molecular weight is 342 g/mol. The number of benzene rings is 1. The highest BCUT2D eigenvalue weighted by Gasteiger charge is 2.22. The van der Waals surface area contributed by atoms with E-state index in [0.717, 1.165) is 30.5 Å². The molecule has 0 aliphatic carbocycles. The smallest absolute Gasteiger partial charge is 0.253 e. The van der Waals surface area contributed by atoms with Crippen molar-refractivity contribution in [3.05, 3.63) is 65.2 Å². The quantitative estimate of drug-likeness (QED) is 0.836. The van der Waals surface area contributed by atoms with Crippen molar-refractivity contribution in [1.29, 1.82) is 0 Å². The zero-order valence-corrected chi connectivity index (χ0v) is 15.5. The van der Waals surface area contributed by atoms with E-state index in [1.807, 2.05) is 25.1 Å². The standard InChI is InChI=1S/C21H27FN2O/c1-15(21(2,3)4)24-20(25)17-11-12-19(23-14-17)10-6-8-16-7-5-9-18(22)13-16/h5,7,9,11-15H,6,8,10H2,1-4H3,(H,24,25)/t15-/m1/s1. The van der Waals surface area contributed by atoms with E-state index < -0.39 is 0 Å². The van der Waals surface area contributed by atoms with Crippen LogP contribution in [0.5, 0.6) is 0 Å². The Bertz CT molecular complexity index is 705. The molecule has 1 aromatic carbocycles. The molecule has 1 atom stereocenters. The lowest BCUT2D eigenvalue weighted by molar-refractivity contribution is 0.0909. The molecule has 1 amide bonds. The first-order valence-corrected chi connectivity index (χ1v) is 8.76. The topological polar surface area (TPSA) is 42.0 Å². The van der Waals surface area contributed by atoms with Crippen LogP contribution in [0.2, 0.25) is 0 Å². The fourth-order valence-corrected chi connectivity index (χ4v) is 2.37. The van der Waals surface area contributed by atoms with Gasteiger partial charge in [0.1, 0.15) is 5.82 Å². The molecule has 0 saturated heterocycles. The second kappa shape index (κ2) is 8.24. The number of aryl methyl sites for hydroxylation is 2. The van der Waals surface area contributed by atoms with E-state index in [4.69, 9.17) is 0 Å². The van der Waals surface area contributed by atoms with Crippen LogP contribution >= 0.6 is 0 Å². The molecule has 2 aromatic rings. The number of rotatable bonds is 6. The van der Waals surface area contributed by atoms with E-state index in [0.29, 0.717) is 5.56 Å². The van der Waals surface area contributed by atoms with Gasteiger partial charge in [0.25, 0.3) is 5.91 Å². The third-order valence-corrected chi connectivity index (χ3v) is 4.52.